The first-order chi connectivity index (χ1) is 18.3. The number of carbonyl (C=O) groups is 4. The second kappa shape index (κ2) is 14.0. The van der Waals surface area contributed by atoms with Gasteiger partial charge in [-0.1, -0.05) is 30.4 Å². The maximum Gasteiger partial charge on any atom is 0.329 e. The number of rotatable bonds is 5. The Morgan fingerprint density at radius 2 is 1.87 bits per heavy atom. The van der Waals surface area contributed by atoms with Crippen molar-refractivity contribution in [3.05, 3.63) is 83.3 Å². The van der Waals surface area contributed by atoms with E-state index in [1.807, 2.05) is 0 Å². The fourth-order valence-corrected chi connectivity index (χ4v) is 3.74. The molecule has 0 spiro atoms. The Morgan fingerprint density at radius 1 is 1.11 bits per heavy atom. The van der Waals surface area contributed by atoms with Crippen LogP contribution in [-0.4, -0.2) is 51.7 Å². The molecule has 0 radical (unpaired) electrons. The molecule has 38 heavy (non-hydrogen) atoms. The number of thiol groups is 1. The Bertz CT molecular complexity index is 1230. The van der Waals surface area contributed by atoms with Crippen LogP contribution >= 0.6 is 12.6 Å². The predicted molar refractivity (Wildman–Crippen MR) is 143 cm³/mol. The highest BCUT2D eigenvalue weighted by atomic mass is 32.1. The molecular formula is C27H30N4O6S. The van der Waals surface area contributed by atoms with E-state index in [1.54, 1.807) is 43.3 Å². The van der Waals surface area contributed by atoms with Gasteiger partial charge in [-0.25, -0.2) is 9.78 Å². The number of hydrogen-bond acceptors (Lipinski definition) is 8. The average Bonchev–Trinajstić information content (AvgIpc) is 2.90. The number of ether oxygens (including phenoxy) is 1. The van der Waals surface area contributed by atoms with Gasteiger partial charge < -0.3 is 25.8 Å². The molecule has 2 bridgehead atoms. The van der Waals surface area contributed by atoms with Crippen molar-refractivity contribution in [1.82, 2.24) is 20.9 Å². The molecule has 2 aromatic rings. The molecule has 0 fully saturated rings. The molecule has 1 aromatic heterocycles. The van der Waals surface area contributed by atoms with Crippen molar-refractivity contribution in [2.24, 2.45) is 0 Å². The third-order valence-electron chi connectivity index (χ3n) is 5.55. The smallest absolute Gasteiger partial charge is 0.329 e. The van der Waals surface area contributed by atoms with Gasteiger partial charge in [-0.05, 0) is 55.0 Å². The van der Waals surface area contributed by atoms with Crippen LogP contribution < -0.4 is 16.0 Å². The molecule has 0 unspecified atom stereocenters. The molecule has 0 aliphatic carbocycles. The van der Waals surface area contributed by atoms with Crippen LogP contribution in [0, 0.1) is 0 Å². The average molecular weight is 539 g/mol. The normalized spacial score (nSPS) is 20.5. The maximum atomic E-state index is 13.3. The summed E-state index contributed by atoms with van der Waals surface area (Å²) >= 11 is 4.17. The Morgan fingerprint density at radius 3 is 2.58 bits per heavy atom. The van der Waals surface area contributed by atoms with Crippen molar-refractivity contribution in [2.45, 2.75) is 44.9 Å². The summed E-state index contributed by atoms with van der Waals surface area (Å²) in [6.45, 7) is 1.63. The largest absolute Gasteiger partial charge is 0.508 e. The molecule has 3 amide bonds. The number of phenols is 1. The number of esters is 1. The van der Waals surface area contributed by atoms with E-state index in [1.165, 1.54) is 24.3 Å². The molecule has 0 saturated carbocycles. The summed E-state index contributed by atoms with van der Waals surface area (Å²) in [5.41, 5.74) is 1.07. The van der Waals surface area contributed by atoms with Crippen LogP contribution in [0.15, 0.2) is 66.4 Å². The number of aromatic hydroxyl groups is 1. The maximum absolute atomic E-state index is 13.3. The third-order valence-corrected chi connectivity index (χ3v) is 5.81. The number of allylic oxidation sites excluding steroid dienone is 2. The van der Waals surface area contributed by atoms with E-state index in [-0.39, 0.29) is 36.5 Å². The first-order valence-electron chi connectivity index (χ1n) is 12.1. The zero-order valence-corrected chi connectivity index (χ0v) is 21.7. The van der Waals surface area contributed by atoms with Gasteiger partial charge >= 0.3 is 5.97 Å². The monoisotopic (exact) mass is 538 g/mol. The fraction of sp³-hybridized carbons (Fsp3) is 0.296. The zero-order valence-electron chi connectivity index (χ0n) is 20.8. The van der Waals surface area contributed by atoms with E-state index < -0.39 is 35.8 Å². The summed E-state index contributed by atoms with van der Waals surface area (Å²) in [4.78, 5) is 56.1. The Hall–Kier alpha value is -4.12. The van der Waals surface area contributed by atoms with Gasteiger partial charge in [0.2, 0.25) is 5.91 Å². The van der Waals surface area contributed by atoms with Gasteiger partial charge in [0.15, 0.2) is 0 Å². The first-order valence-corrected chi connectivity index (χ1v) is 12.7. The number of cyclic esters (lactones) is 1. The molecule has 2 heterocycles. The number of phenolic OH excluding ortho intramolecular Hbond substituents is 1. The van der Waals surface area contributed by atoms with Crippen molar-refractivity contribution < 1.29 is 29.0 Å². The number of carbonyl (C=O) groups excluding carboxylic acids is 4. The molecular weight excluding hydrogens is 508 g/mol. The standard InChI is InChI=1S/C27H30N4O6S/c1-2-21-25(34)31-23(14-17-9-11-19(32)12-10-17)27(36)37-20(7-3-4-13-38)15-24(33)28-16-18-6-5-8-22(29-18)26(35)30-21/h2-3,5-12,20,23,32,38H,4,13-16H2,1H3,(H,28,33)(H,30,35)(H,31,34)/b7-3+,21-2-/t20-,23+/m1/s1. The summed E-state index contributed by atoms with van der Waals surface area (Å²) in [7, 11) is 0. The fourth-order valence-electron chi connectivity index (χ4n) is 3.59. The number of pyridine rings is 1. The van der Waals surface area contributed by atoms with Crippen LogP contribution in [0.1, 0.15) is 41.5 Å². The Kier molecular flexibility index (Phi) is 10.5. The quantitative estimate of drug-likeness (QED) is 0.169. The van der Waals surface area contributed by atoms with Crippen molar-refractivity contribution in [2.75, 3.05) is 5.75 Å². The highest BCUT2D eigenvalue weighted by Crippen LogP contribution is 2.14. The summed E-state index contributed by atoms with van der Waals surface area (Å²) < 4.78 is 5.66. The molecule has 1 aliphatic heterocycles. The second-order valence-corrected chi connectivity index (χ2v) is 8.91. The summed E-state index contributed by atoms with van der Waals surface area (Å²) in [6.07, 6.45) is 4.39. The van der Waals surface area contributed by atoms with Crippen LogP contribution in [0.3, 0.4) is 0 Å². The first kappa shape index (κ1) is 28.5. The third kappa shape index (κ3) is 8.48. The zero-order chi connectivity index (χ0) is 27.5. The van der Waals surface area contributed by atoms with Gasteiger partial charge in [0.05, 0.1) is 18.7 Å². The Labute approximate surface area is 226 Å². The Balaban J connectivity index is 1.95. The SMILES string of the molecule is C/C=C1\NC(=O)c2cccc(n2)CNC(=O)C[C@@H](/C=C/CCS)OC(=O)[C@H](Cc2ccc(O)cc2)NC1=O. The summed E-state index contributed by atoms with van der Waals surface area (Å²) in [5, 5.41) is 17.5. The van der Waals surface area contributed by atoms with E-state index in [2.05, 4.69) is 33.6 Å². The highest BCUT2D eigenvalue weighted by molar-refractivity contribution is 7.80. The topological polar surface area (TPSA) is 147 Å². The summed E-state index contributed by atoms with van der Waals surface area (Å²) in [6, 6.07) is 9.76. The van der Waals surface area contributed by atoms with Gasteiger partial charge in [0.1, 0.15) is 29.3 Å². The van der Waals surface area contributed by atoms with Gasteiger partial charge in [-0.3, -0.25) is 14.4 Å². The molecule has 200 valence electrons. The minimum absolute atomic E-state index is 0.0403. The van der Waals surface area contributed by atoms with Gasteiger partial charge in [0, 0.05) is 6.42 Å². The van der Waals surface area contributed by atoms with Crippen LogP contribution in [0.2, 0.25) is 0 Å². The van der Waals surface area contributed by atoms with Crippen LogP contribution in [0.25, 0.3) is 0 Å². The number of nitrogens with one attached hydrogen (secondary N) is 3. The van der Waals surface area contributed by atoms with E-state index in [0.29, 0.717) is 23.4 Å². The lowest BCUT2D eigenvalue weighted by atomic mass is 10.1. The molecule has 0 saturated heterocycles. The molecule has 1 aromatic carbocycles. The lowest BCUT2D eigenvalue weighted by Crippen LogP contribution is -2.47. The van der Waals surface area contributed by atoms with Gasteiger partial charge in [-0.2, -0.15) is 12.6 Å². The van der Waals surface area contributed by atoms with E-state index in [0.717, 1.165) is 0 Å². The van der Waals surface area contributed by atoms with Crippen LogP contribution in [0.5, 0.6) is 5.75 Å². The summed E-state index contributed by atoms with van der Waals surface area (Å²) in [5.74, 6) is -1.86. The van der Waals surface area contributed by atoms with E-state index >= 15 is 0 Å². The molecule has 1 aliphatic rings. The number of amides is 3. The van der Waals surface area contributed by atoms with Crippen LogP contribution in [-0.2, 0) is 32.1 Å². The highest BCUT2D eigenvalue weighted by Gasteiger charge is 2.28. The van der Waals surface area contributed by atoms with Crippen molar-refractivity contribution in [1.29, 1.82) is 0 Å². The molecule has 10 nitrogen and oxygen atoms in total. The lowest BCUT2D eigenvalue weighted by molar-refractivity contribution is -0.151. The second-order valence-electron chi connectivity index (χ2n) is 8.46. The number of aromatic nitrogens is 1. The van der Waals surface area contributed by atoms with Crippen LogP contribution in [0.4, 0.5) is 0 Å². The number of fused-ring (bicyclic) bond motifs is 2. The van der Waals surface area contributed by atoms with Crippen molar-refractivity contribution in [3.8, 4) is 5.75 Å². The minimum atomic E-state index is -1.16. The lowest BCUT2D eigenvalue weighted by Gasteiger charge is -2.22. The number of benzene rings is 1. The number of hydrogen-bond donors (Lipinski definition) is 5. The van der Waals surface area contributed by atoms with Crippen molar-refractivity contribution in [3.63, 3.8) is 0 Å². The molecule has 3 rings (SSSR count). The van der Waals surface area contributed by atoms with E-state index in [4.69, 9.17) is 4.74 Å². The predicted octanol–water partition coefficient (Wildman–Crippen LogP) is 1.96. The molecule has 2 atom stereocenters. The molecule has 4 N–H and O–H groups in total. The van der Waals surface area contributed by atoms with Gasteiger partial charge in [-0.15, -0.1) is 0 Å². The number of nitrogens with zero attached hydrogens (tertiary/aromatic N) is 1. The van der Waals surface area contributed by atoms with E-state index in [9.17, 15) is 24.3 Å². The molecule has 11 heteroatoms. The van der Waals surface area contributed by atoms with Gasteiger partial charge in [0.25, 0.3) is 11.8 Å². The van der Waals surface area contributed by atoms with Crippen molar-refractivity contribution >= 4 is 36.3 Å². The minimum Gasteiger partial charge on any atom is -0.508 e.